The second kappa shape index (κ2) is 6.27. The summed E-state index contributed by atoms with van der Waals surface area (Å²) in [4.78, 5) is 22.0. The lowest BCUT2D eigenvalue weighted by Crippen LogP contribution is -2.41. The van der Waals surface area contributed by atoms with Crippen molar-refractivity contribution in [1.29, 1.82) is 0 Å². The summed E-state index contributed by atoms with van der Waals surface area (Å²) in [6, 6.07) is -0.801. The van der Waals surface area contributed by atoms with Crippen molar-refractivity contribution in [3.05, 3.63) is 12.7 Å². The maximum absolute atomic E-state index is 11.3. The highest BCUT2D eigenvalue weighted by molar-refractivity contribution is 5.76. The van der Waals surface area contributed by atoms with Crippen LogP contribution in [0.4, 0.5) is 0 Å². The highest BCUT2D eigenvalue weighted by atomic mass is 16.6. The third kappa shape index (κ3) is 7.00. The lowest BCUT2D eigenvalue weighted by atomic mass is 10.2. The molecule has 0 aliphatic carbocycles. The molecule has 2 N–H and O–H groups in total. The Morgan fingerprint density at radius 1 is 1.50 bits per heavy atom. The molecule has 0 aliphatic heterocycles. The van der Waals surface area contributed by atoms with Crippen molar-refractivity contribution in [3.8, 4) is 0 Å². The summed E-state index contributed by atoms with van der Waals surface area (Å²) in [6.45, 7) is 8.59. The van der Waals surface area contributed by atoms with Gasteiger partial charge in [0.25, 0.3) is 0 Å². The molecule has 0 bridgehead atoms. The standard InChI is InChI=1S/C11H19NO4/c1-5-6-8(10(14)15)12-7-9(13)16-11(2,3)4/h5,8,12H,1,6-7H2,2-4H3,(H,14,15). The average molecular weight is 229 g/mol. The van der Waals surface area contributed by atoms with Crippen LogP contribution >= 0.6 is 0 Å². The van der Waals surface area contributed by atoms with Crippen LogP contribution in [0.3, 0.4) is 0 Å². The number of hydrogen-bond donors (Lipinski definition) is 2. The second-order valence-corrected chi connectivity index (χ2v) is 4.38. The summed E-state index contributed by atoms with van der Waals surface area (Å²) in [7, 11) is 0. The summed E-state index contributed by atoms with van der Waals surface area (Å²) in [5.74, 6) is -1.48. The lowest BCUT2D eigenvalue weighted by Gasteiger charge is -2.20. The minimum atomic E-state index is -1.01. The second-order valence-electron chi connectivity index (χ2n) is 4.38. The van der Waals surface area contributed by atoms with Crippen molar-refractivity contribution in [1.82, 2.24) is 5.32 Å². The smallest absolute Gasteiger partial charge is 0.321 e. The van der Waals surface area contributed by atoms with Gasteiger partial charge >= 0.3 is 11.9 Å². The quantitative estimate of drug-likeness (QED) is 0.524. The fourth-order valence-electron chi connectivity index (χ4n) is 1.02. The number of hydrogen-bond acceptors (Lipinski definition) is 4. The normalized spacial score (nSPS) is 12.9. The minimum Gasteiger partial charge on any atom is -0.480 e. The van der Waals surface area contributed by atoms with Crippen LogP contribution in [-0.4, -0.2) is 35.2 Å². The Kier molecular flexibility index (Phi) is 5.74. The Bertz CT molecular complexity index is 268. The first kappa shape index (κ1) is 14.6. The molecular formula is C11H19NO4. The number of rotatable bonds is 6. The van der Waals surface area contributed by atoms with Gasteiger partial charge in [-0.05, 0) is 27.2 Å². The third-order valence-corrected chi connectivity index (χ3v) is 1.61. The Labute approximate surface area is 95.5 Å². The van der Waals surface area contributed by atoms with Gasteiger partial charge in [0.15, 0.2) is 0 Å². The minimum absolute atomic E-state index is 0.123. The molecule has 0 amide bonds. The fraction of sp³-hybridized carbons (Fsp3) is 0.636. The van der Waals surface area contributed by atoms with Crippen LogP contribution in [0.15, 0.2) is 12.7 Å². The molecule has 0 aromatic heterocycles. The van der Waals surface area contributed by atoms with Gasteiger partial charge in [0.2, 0.25) is 0 Å². The van der Waals surface area contributed by atoms with Gasteiger partial charge in [-0.2, -0.15) is 0 Å². The predicted octanol–water partition coefficient (Wildman–Crippen LogP) is 0.947. The van der Waals surface area contributed by atoms with Crippen molar-refractivity contribution in [2.45, 2.75) is 38.8 Å². The van der Waals surface area contributed by atoms with Crippen LogP contribution < -0.4 is 5.32 Å². The van der Waals surface area contributed by atoms with Gasteiger partial charge < -0.3 is 9.84 Å². The number of carbonyl (C=O) groups excluding carboxylic acids is 1. The van der Waals surface area contributed by atoms with Gasteiger partial charge in [-0.25, -0.2) is 0 Å². The summed E-state index contributed by atoms with van der Waals surface area (Å²) in [5.41, 5.74) is -0.560. The number of ether oxygens (including phenoxy) is 1. The summed E-state index contributed by atoms with van der Waals surface area (Å²) in [6.07, 6.45) is 1.75. The molecule has 5 nitrogen and oxygen atoms in total. The van der Waals surface area contributed by atoms with Crippen LogP contribution in [0.5, 0.6) is 0 Å². The van der Waals surface area contributed by atoms with E-state index in [4.69, 9.17) is 9.84 Å². The number of nitrogens with one attached hydrogen (secondary N) is 1. The molecule has 16 heavy (non-hydrogen) atoms. The largest absolute Gasteiger partial charge is 0.480 e. The van der Waals surface area contributed by atoms with E-state index in [1.807, 2.05) is 0 Å². The molecule has 0 aromatic carbocycles. The zero-order valence-corrected chi connectivity index (χ0v) is 9.95. The van der Waals surface area contributed by atoms with E-state index in [1.54, 1.807) is 20.8 Å². The van der Waals surface area contributed by atoms with Gasteiger partial charge in [-0.3, -0.25) is 14.9 Å². The Balaban J connectivity index is 4.06. The van der Waals surface area contributed by atoms with Gasteiger partial charge in [0.05, 0.1) is 6.54 Å². The summed E-state index contributed by atoms with van der Waals surface area (Å²) < 4.78 is 5.03. The van der Waals surface area contributed by atoms with E-state index >= 15 is 0 Å². The SMILES string of the molecule is C=CCC(NCC(=O)OC(C)(C)C)C(=O)O. The van der Waals surface area contributed by atoms with E-state index in [-0.39, 0.29) is 13.0 Å². The molecule has 0 spiro atoms. The number of aliphatic carboxylic acids is 1. The highest BCUT2D eigenvalue weighted by Crippen LogP contribution is 2.06. The molecule has 0 aromatic rings. The molecule has 92 valence electrons. The average Bonchev–Trinajstić information content (AvgIpc) is 2.08. The molecule has 5 heteroatoms. The molecule has 0 radical (unpaired) electrons. The predicted molar refractivity (Wildman–Crippen MR) is 60.1 cm³/mol. The first-order valence-corrected chi connectivity index (χ1v) is 5.05. The number of esters is 1. The van der Waals surface area contributed by atoms with E-state index in [0.717, 1.165) is 0 Å². The van der Waals surface area contributed by atoms with Gasteiger partial charge in [0.1, 0.15) is 11.6 Å². The van der Waals surface area contributed by atoms with Crippen LogP contribution in [0.25, 0.3) is 0 Å². The Morgan fingerprint density at radius 3 is 2.44 bits per heavy atom. The number of carboxylic acid groups (broad SMARTS) is 1. The van der Waals surface area contributed by atoms with E-state index in [1.165, 1.54) is 6.08 Å². The van der Waals surface area contributed by atoms with Crippen LogP contribution in [0.2, 0.25) is 0 Å². The van der Waals surface area contributed by atoms with E-state index in [2.05, 4.69) is 11.9 Å². The van der Waals surface area contributed by atoms with Gasteiger partial charge in [-0.1, -0.05) is 6.08 Å². The summed E-state index contributed by atoms with van der Waals surface area (Å²) >= 11 is 0. The van der Waals surface area contributed by atoms with Crippen molar-refractivity contribution >= 4 is 11.9 Å². The van der Waals surface area contributed by atoms with Crippen molar-refractivity contribution < 1.29 is 19.4 Å². The molecule has 0 heterocycles. The van der Waals surface area contributed by atoms with Crippen molar-refractivity contribution in [2.75, 3.05) is 6.54 Å². The Morgan fingerprint density at radius 2 is 2.06 bits per heavy atom. The van der Waals surface area contributed by atoms with Crippen molar-refractivity contribution in [3.63, 3.8) is 0 Å². The monoisotopic (exact) mass is 229 g/mol. The molecule has 0 fully saturated rings. The lowest BCUT2D eigenvalue weighted by molar-refractivity contribution is -0.154. The zero-order valence-electron chi connectivity index (χ0n) is 9.95. The van der Waals surface area contributed by atoms with E-state index in [9.17, 15) is 9.59 Å². The Hall–Kier alpha value is -1.36. The topological polar surface area (TPSA) is 75.6 Å². The van der Waals surface area contributed by atoms with Crippen LogP contribution in [0, 0.1) is 0 Å². The molecule has 0 saturated heterocycles. The van der Waals surface area contributed by atoms with Crippen LogP contribution in [0.1, 0.15) is 27.2 Å². The molecule has 0 aliphatic rings. The molecular weight excluding hydrogens is 210 g/mol. The number of carbonyl (C=O) groups is 2. The maximum atomic E-state index is 11.3. The van der Waals surface area contributed by atoms with E-state index < -0.39 is 23.6 Å². The molecule has 1 unspecified atom stereocenters. The highest BCUT2D eigenvalue weighted by Gasteiger charge is 2.19. The van der Waals surface area contributed by atoms with E-state index in [0.29, 0.717) is 0 Å². The van der Waals surface area contributed by atoms with Crippen molar-refractivity contribution in [2.24, 2.45) is 0 Å². The van der Waals surface area contributed by atoms with Gasteiger partial charge in [0, 0.05) is 0 Å². The third-order valence-electron chi connectivity index (χ3n) is 1.61. The van der Waals surface area contributed by atoms with Crippen LogP contribution in [-0.2, 0) is 14.3 Å². The fourth-order valence-corrected chi connectivity index (χ4v) is 1.02. The first-order chi connectivity index (χ1) is 7.26. The molecule has 0 rings (SSSR count). The summed E-state index contributed by atoms with van der Waals surface area (Å²) in [5, 5.41) is 11.4. The zero-order chi connectivity index (χ0) is 12.8. The van der Waals surface area contributed by atoms with Gasteiger partial charge in [-0.15, -0.1) is 6.58 Å². The maximum Gasteiger partial charge on any atom is 0.321 e. The number of carboxylic acids is 1. The first-order valence-electron chi connectivity index (χ1n) is 5.05. The molecule has 1 atom stereocenters. The molecule has 0 saturated carbocycles.